The monoisotopic (exact) mass is 379 g/mol. The maximum atomic E-state index is 12.3. The molecule has 138 valence electrons. The highest BCUT2D eigenvalue weighted by atomic mass is 32.2. The fourth-order valence-corrected chi connectivity index (χ4v) is 3.23. The fraction of sp³-hybridized carbons (Fsp3) is 0.188. The lowest BCUT2D eigenvalue weighted by atomic mass is 10.2. The third-order valence-corrected chi connectivity index (χ3v) is 4.88. The van der Waals surface area contributed by atoms with Crippen LogP contribution >= 0.6 is 0 Å². The molecule has 0 saturated carbocycles. The zero-order chi connectivity index (χ0) is 19.2. The van der Waals surface area contributed by atoms with Crippen molar-refractivity contribution >= 4 is 21.6 Å². The van der Waals surface area contributed by atoms with Crippen LogP contribution < -0.4 is 10.5 Å². The van der Waals surface area contributed by atoms with Crippen LogP contribution in [0.4, 0.5) is 5.69 Å². The molecule has 0 spiro atoms. The molecule has 2 aromatic rings. The Balaban J connectivity index is 2.03. The number of non-ortho nitro benzene ring substituents is 1. The van der Waals surface area contributed by atoms with E-state index in [0.29, 0.717) is 0 Å². The standard InChI is InChI=1S/C16H17N3O6S/c17-16(20)15(11-25-10-12-4-2-1-3-5-12)18-26(23,24)14-8-6-13(7-9-14)19(21)22/h1-9,15,18H,10-11H2,(H2,17,20)/t15-/m0/s1. The first-order chi connectivity index (χ1) is 12.3. The van der Waals surface area contributed by atoms with Gasteiger partial charge in [0, 0.05) is 12.1 Å². The first-order valence-electron chi connectivity index (χ1n) is 7.47. The molecule has 0 aliphatic heterocycles. The maximum Gasteiger partial charge on any atom is 0.269 e. The van der Waals surface area contributed by atoms with E-state index in [0.717, 1.165) is 29.8 Å². The number of amides is 1. The number of rotatable bonds is 9. The van der Waals surface area contributed by atoms with Gasteiger partial charge in [0.05, 0.1) is 23.0 Å². The Morgan fingerprint density at radius 1 is 1.15 bits per heavy atom. The van der Waals surface area contributed by atoms with E-state index in [4.69, 9.17) is 10.5 Å². The highest BCUT2D eigenvalue weighted by molar-refractivity contribution is 7.89. The second kappa shape index (κ2) is 8.52. The van der Waals surface area contributed by atoms with Crippen LogP contribution in [0.1, 0.15) is 5.56 Å². The van der Waals surface area contributed by atoms with Crippen molar-refractivity contribution in [3.8, 4) is 0 Å². The molecule has 0 fully saturated rings. The molecule has 2 aromatic carbocycles. The maximum absolute atomic E-state index is 12.3. The number of nitrogens with one attached hydrogen (secondary N) is 1. The molecule has 1 atom stereocenters. The van der Waals surface area contributed by atoms with Crippen LogP contribution in [0, 0.1) is 10.1 Å². The number of primary amides is 1. The van der Waals surface area contributed by atoms with Crippen LogP contribution in [0.25, 0.3) is 0 Å². The molecule has 3 N–H and O–H groups in total. The van der Waals surface area contributed by atoms with Gasteiger partial charge < -0.3 is 10.5 Å². The molecule has 0 heterocycles. The smallest absolute Gasteiger partial charge is 0.269 e. The van der Waals surface area contributed by atoms with E-state index in [-0.39, 0.29) is 23.8 Å². The molecule has 2 rings (SSSR count). The minimum absolute atomic E-state index is 0.184. The largest absolute Gasteiger partial charge is 0.375 e. The third kappa shape index (κ3) is 5.34. The van der Waals surface area contributed by atoms with Crippen LogP contribution in [0.3, 0.4) is 0 Å². The van der Waals surface area contributed by atoms with Crippen LogP contribution in [0.5, 0.6) is 0 Å². The Hall–Kier alpha value is -2.82. The number of benzene rings is 2. The topological polar surface area (TPSA) is 142 Å². The molecular formula is C16H17N3O6S. The summed E-state index contributed by atoms with van der Waals surface area (Å²) in [5.74, 6) is -0.899. The highest BCUT2D eigenvalue weighted by Gasteiger charge is 2.24. The number of sulfonamides is 1. The van der Waals surface area contributed by atoms with Crippen molar-refractivity contribution in [2.24, 2.45) is 5.73 Å². The molecule has 0 aliphatic carbocycles. The zero-order valence-electron chi connectivity index (χ0n) is 13.6. The molecule has 1 amide bonds. The lowest BCUT2D eigenvalue weighted by molar-refractivity contribution is -0.384. The van der Waals surface area contributed by atoms with Crippen molar-refractivity contribution in [1.29, 1.82) is 0 Å². The molecular weight excluding hydrogens is 362 g/mol. The number of hydrogen-bond donors (Lipinski definition) is 2. The molecule has 0 bridgehead atoms. The second-order valence-corrected chi connectivity index (χ2v) is 7.04. The number of carbonyl (C=O) groups is 1. The quantitative estimate of drug-likeness (QED) is 0.490. The van der Waals surface area contributed by atoms with E-state index in [1.807, 2.05) is 30.3 Å². The molecule has 0 saturated heterocycles. The number of nitro benzene ring substituents is 1. The Kier molecular flexibility index (Phi) is 6.39. The number of nitro groups is 1. The van der Waals surface area contributed by atoms with E-state index >= 15 is 0 Å². The normalized spacial score (nSPS) is 12.5. The molecule has 26 heavy (non-hydrogen) atoms. The van der Waals surface area contributed by atoms with Gasteiger partial charge in [-0.05, 0) is 17.7 Å². The van der Waals surface area contributed by atoms with Crippen molar-refractivity contribution < 1.29 is 22.9 Å². The Morgan fingerprint density at radius 2 is 1.77 bits per heavy atom. The van der Waals surface area contributed by atoms with Gasteiger partial charge in [-0.2, -0.15) is 4.72 Å². The average molecular weight is 379 g/mol. The fourth-order valence-electron chi connectivity index (χ4n) is 2.05. The van der Waals surface area contributed by atoms with Crippen LogP contribution in [-0.4, -0.2) is 31.9 Å². The van der Waals surface area contributed by atoms with Gasteiger partial charge >= 0.3 is 0 Å². The van der Waals surface area contributed by atoms with Gasteiger partial charge in [0.25, 0.3) is 5.69 Å². The van der Waals surface area contributed by atoms with E-state index in [1.54, 1.807) is 0 Å². The molecule has 9 nitrogen and oxygen atoms in total. The first kappa shape index (κ1) is 19.5. The Labute approximate surface area is 150 Å². The van der Waals surface area contributed by atoms with Gasteiger partial charge in [-0.25, -0.2) is 8.42 Å². The van der Waals surface area contributed by atoms with Gasteiger partial charge in [-0.1, -0.05) is 30.3 Å². The number of hydrogen-bond acceptors (Lipinski definition) is 6. The summed E-state index contributed by atoms with van der Waals surface area (Å²) in [7, 11) is -4.10. The first-order valence-corrected chi connectivity index (χ1v) is 8.95. The van der Waals surface area contributed by atoms with Gasteiger partial charge in [0.15, 0.2) is 0 Å². The number of ether oxygens (including phenoxy) is 1. The summed E-state index contributed by atoms with van der Waals surface area (Å²) in [6.45, 7) is -0.0691. The van der Waals surface area contributed by atoms with Crippen LogP contribution in [-0.2, 0) is 26.2 Å². The second-order valence-electron chi connectivity index (χ2n) is 5.33. The van der Waals surface area contributed by atoms with Gasteiger partial charge in [0.2, 0.25) is 15.9 Å². The van der Waals surface area contributed by atoms with E-state index in [2.05, 4.69) is 4.72 Å². The molecule has 10 heteroatoms. The van der Waals surface area contributed by atoms with E-state index < -0.39 is 26.9 Å². The lowest BCUT2D eigenvalue weighted by Gasteiger charge is -2.16. The minimum atomic E-state index is -4.10. The highest BCUT2D eigenvalue weighted by Crippen LogP contribution is 2.16. The summed E-state index contributed by atoms with van der Waals surface area (Å²) in [4.78, 5) is 21.3. The predicted octanol–water partition coefficient (Wildman–Crippen LogP) is 0.944. The predicted molar refractivity (Wildman–Crippen MR) is 92.5 cm³/mol. The average Bonchev–Trinajstić information content (AvgIpc) is 2.61. The summed E-state index contributed by atoms with van der Waals surface area (Å²) in [6.07, 6.45) is 0. The van der Waals surface area contributed by atoms with Crippen LogP contribution in [0.2, 0.25) is 0 Å². The van der Waals surface area contributed by atoms with Gasteiger partial charge in [0.1, 0.15) is 6.04 Å². The van der Waals surface area contributed by atoms with Crippen molar-refractivity contribution in [2.45, 2.75) is 17.5 Å². The van der Waals surface area contributed by atoms with E-state index in [9.17, 15) is 23.3 Å². The molecule has 0 unspecified atom stereocenters. The Bertz CT molecular complexity index is 869. The van der Waals surface area contributed by atoms with Crippen molar-refractivity contribution in [3.63, 3.8) is 0 Å². The SMILES string of the molecule is NC(=O)[C@H](COCc1ccccc1)NS(=O)(=O)c1ccc([N+](=O)[O-])cc1. The number of carbonyl (C=O) groups excluding carboxylic acids is 1. The molecule has 0 aliphatic rings. The third-order valence-electron chi connectivity index (χ3n) is 3.39. The van der Waals surface area contributed by atoms with E-state index in [1.165, 1.54) is 0 Å². The zero-order valence-corrected chi connectivity index (χ0v) is 14.4. The molecule has 0 aromatic heterocycles. The summed E-state index contributed by atoms with van der Waals surface area (Å²) in [5, 5.41) is 10.6. The minimum Gasteiger partial charge on any atom is -0.375 e. The summed E-state index contributed by atoms with van der Waals surface area (Å²) >= 11 is 0. The summed E-state index contributed by atoms with van der Waals surface area (Å²) < 4.78 is 32.1. The summed E-state index contributed by atoms with van der Waals surface area (Å²) in [5.41, 5.74) is 5.84. The summed E-state index contributed by atoms with van der Waals surface area (Å²) in [6, 6.07) is 12.1. The lowest BCUT2D eigenvalue weighted by Crippen LogP contribution is -2.47. The van der Waals surface area contributed by atoms with Crippen molar-refractivity contribution in [3.05, 3.63) is 70.3 Å². The van der Waals surface area contributed by atoms with Gasteiger partial charge in [-0.3, -0.25) is 14.9 Å². The van der Waals surface area contributed by atoms with Crippen molar-refractivity contribution in [2.75, 3.05) is 6.61 Å². The van der Waals surface area contributed by atoms with Crippen molar-refractivity contribution in [1.82, 2.24) is 4.72 Å². The van der Waals surface area contributed by atoms with Gasteiger partial charge in [-0.15, -0.1) is 0 Å². The number of nitrogens with zero attached hydrogens (tertiary/aromatic N) is 1. The molecule has 0 radical (unpaired) electrons. The van der Waals surface area contributed by atoms with Crippen LogP contribution in [0.15, 0.2) is 59.5 Å². The number of nitrogens with two attached hydrogens (primary N) is 1. The Morgan fingerprint density at radius 3 is 2.31 bits per heavy atom.